The van der Waals surface area contributed by atoms with Crippen molar-refractivity contribution in [2.45, 2.75) is 19.1 Å². The number of phenols is 1. The number of aliphatic hydroxyl groups excluding tert-OH is 1. The van der Waals surface area contributed by atoms with Crippen molar-refractivity contribution in [3.05, 3.63) is 23.3 Å². The molecule has 0 bridgehead atoms. The minimum absolute atomic E-state index is 0.0761. The lowest BCUT2D eigenvalue weighted by Gasteiger charge is -2.23. The molecule has 0 amide bonds. The maximum atomic E-state index is 9.51. The third kappa shape index (κ3) is 1.42. The predicted molar refractivity (Wildman–Crippen MR) is 51.1 cm³/mol. The van der Waals surface area contributed by atoms with Gasteiger partial charge in [0.25, 0.3) is 0 Å². The summed E-state index contributed by atoms with van der Waals surface area (Å²) in [5.74, 6) is 0.748. The SMILES string of the molecule is NC1CCOc2cc(CO)c(O)cc21. The normalized spacial score (nSPS) is 20.0. The van der Waals surface area contributed by atoms with Crippen LogP contribution < -0.4 is 10.5 Å². The van der Waals surface area contributed by atoms with Crippen molar-refractivity contribution in [2.24, 2.45) is 5.73 Å². The lowest BCUT2D eigenvalue weighted by atomic mass is 9.99. The summed E-state index contributed by atoms with van der Waals surface area (Å²) >= 11 is 0. The van der Waals surface area contributed by atoms with Crippen LogP contribution in [-0.4, -0.2) is 16.8 Å². The van der Waals surface area contributed by atoms with Gasteiger partial charge in [-0.3, -0.25) is 0 Å². The molecule has 1 aliphatic rings. The van der Waals surface area contributed by atoms with E-state index in [-0.39, 0.29) is 18.4 Å². The monoisotopic (exact) mass is 195 g/mol. The van der Waals surface area contributed by atoms with Crippen molar-refractivity contribution in [2.75, 3.05) is 6.61 Å². The summed E-state index contributed by atoms with van der Waals surface area (Å²) in [5.41, 5.74) is 7.13. The molecule has 0 saturated heterocycles. The summed E-state index contributed by atoms with van der Waals surface area (Å²) in [7, 11) is 0. The van der Waals surface area contributed by atoms with Crippen molar-refractivity contribution in [1.82, 2.24) is 0 Å². The molecule has 0 spiro atoms. The van der Waals surface area contributed by atoms with E-state index in [0.717, 1.165) is 12.0 Å². The zero-order chi connectivity index (χ0) is 10.1. The third-order valence-corrected chi connectivity index (χ3v) is 2.47. The van der Waals surface area contributed by atoms with Gasteiger partial charge in [0.2, 0.25) is 0 Å². The zero-order valence-corrected chi connectivity index (χ0v) is 7.73. The zero-order valence-electron chi connectivity index (χ0n) is 7.73. The maximum Gasteiger partial charge on any atom is 0.124 e. The summed E-state index contributed by atoms with van der Waals surface area (Å²) in [6.07, 6.45) is 0.755. The summed E-state index contributed by atoms with van der Waals surface area (Å²) in [5, 5.41) is 18.5. The minimum atomic E-state index is -0.197. The second-order valence-electron chi connectivity index (χ2n) is 3.42. The molecular weight excluding hydrogens is 182 g/mol. The molecule has 1 atom stereocenters. The number of rotatable bonds is 1. The van der Waals surface area contributed by atoms with Gasteiger partial charge in [0.05, 0.1) is 13.2 Å². The van der Waals surface area contributed by atoms with Crippen molar-refractivity contribution >= 4 is 0 Å². The molecule has 1 aromatic rings. The lowest BCUT2D eigenvalue weighted by molar-refractivity contribution is 0.258. The molecule has 1 aromatic carbocycles. The number of aliphatic hydroxyl groups is 1. The van der Waals surface area contributed by atoms with Crippen LogP contribution in [0.1, 0.15) is 23.6 Å². The van der Waals surface area contributed by atoms with E-state index >= 15 is 0 Å². The topological polar surface area (TPSA) is 75.7 Å². The van der Waals surface area contributed by atoms with Crippen LogP contribution in [0.5, 0.6) is 11.5 Å². The Hall–Kier alpha value is -1.26. The van der Waals surface area contributed by atoms with E-state index in [1.165, 1.54) is 0 Å². The van der Waals surface area contributed by atoms with Crippen molar-refractivity contribution in [3.63, 3.8) is 0 Å². The fraction of sp³-hybridized carbons (Fsp3) is 0.400. The predicted octanol–water partition coefficient (Wildman–Crippen LogP) is 0.667. The first kappa shape index (κ1) is 9.30. The Kier molecular flexibility index (Phi) is 2.31. The lowest BCUT2D eigenvalue weighted by Crippen LogP contribution is -2.20. The molecule has 14 heavy (non-hydrogen) atoms. The van der Waals surface area contributed by atoms with Gasteiger partial charge in [-0.25, -0.2) is 0 Å². The van der Waals surface area contributed by atoms with E-state index in [4.69, 9.17) is 15.6 Å². The van der Waals surface area contributed by atoms with E-state index in [1.54, 1.807) is 12.1 Å². The number of aromatic hydroxyl groups is 1. The summed E-state index contributed by atoms with van der Waals surface area (Å²) < 4.78 is 5.39. The van der Waals surface area contributed by atoms with Crippen LogP contribution in [0.3, 0.4) is 0 Å². The van der Waals surface area contributed by atoms with Gasteiger partial charge in [0, 0.05) is 23.6 Å². The molecule has 0 fully saturated rings. The molecule has 0 saturated carbocycles. The molecule has 0 radical (unpaired) electrons. The van der Waals surface area contributed by atoms with Crippen LogP contribution in [0.25, 0.3) is 0 Å². The molecule has 4 nitrogen and oxygen atoms in total. The Morgan fingerprint density at radius 1 is 1.50 bits per heavy atom. The molecule has 1 aliphatic heterocycles. The second-order valence-corrected chi connectivity index (χ2v) is 3.42. The summed E-state index contributed by atoms with van der Waals surface area (Å²) in [6, 6.07) is 3.13. The average molecular weight is 195 g/mol. The van der Waals surface area contributed by atoms with Crippen molar-refractivity contribution in [3.8, 4) is 11.5 Å². The van der Waals surface area contributed by atoms with Gasteiger partial charge in [0.1, 0.15) is 11.5 Å². The summed E-state index contributed by atoms with van der Waals surface area (Å²) in [4.78, 5) is 0. The fourth-order valence-electron chi connectivity index (χ4n) is 1.62. The van der Waals surface area contributed by atoms with Crippen LogP contribution in [0.2, 0.25) is 0 Å². The standard InChI is InChI=1S/C10H13NO3/c11-8-1-2-14-10-3-6(5-12)9(13)4-7(8)10/h3-4,8,12-13H,1-2,5,11H2. The number of nitrogens with two attached hydrogens (primary N) is 1. The van der Waals surface area contributed by atoms with Gasteiger partial charge in [-0.2, -0.15) is 0 Å². The second kappa shape index (κ2) is 3.48. The van der Waals surface area contributed by atoms with Crippen LogP contribution in [-0.2, 0) is 6.61 Å². The van der Waals surface area contributed by atoms with E-state index in [9.17, 15) is 5.11 Å². The number of hydrogen-bond donors (Lipinski definition) is 3. The minimum Gasteiger partial charge on any atom is -0.508 e. The molecule has 0 aromatic heterocycles. The third-order valence-electron chi connectivity index (χ3n) is 2.47. The molecule has 0 aliphatic carbocycles. The number of fused-ring (bicyclic) bond motifs is 1. The Bertz CT molecular complexity index is 351. The highest BCUT2D eigenvalue weighted by Crippen LogP contribution is 2.35. The molecule has 2 rings (SSSR count). The van der Waals surface area contributed by atoms with E-state index in [1.807, 2.05) is 0 Å². The van der Waals surface area contributed by atoms with Crippen LogP contribution in [0, 0.1) is 0 Å². The van der Waals surface area contributed by atoms with Crippen molar-refractivity contribution < 1.29 is 14.9 Å². The van der Waals surface area contributed by atoms with E-state index in [0.29, 0.717) is 17.9 Å². The molecule has 1 unspecified atom stereocenters. The first-order valence-electron chi connectivity index (χ1n) is 4.57. The molecule has 4 heteroatoms. The highest BCUT2D eigenvalue weighted by atomic mass is 16.5. The Morgan fingerprint density at radius 2 is 2.29 bits per heavy atom. The van der Waals surface area contributed by atoms with Gasteiger partial charge in [-0.1, -0.05) is 0 Å². The Morgan fingerprint density at radius 3 is 3.00 bits per heavy atom. The fourth-order valence-corrected chi connectivity index (χ4v) is 1.62. The van der Waals surface area contributed by atoms with Gasteiger partial charge in [-0.15, -0.1) is 0 Å². The molecule has 76 valence electrons. The largest absolute Gasteiger partial charge is 0.508 e. The van der Waals surface area contributed by atoms with Crippen LogP contribution in [0.4, 0.5) is 0 Å². The maximum absolute atomic E-state index is 9.51. The highest BCUT2D eigenvalue weighted by molar-refractivity contribution is 5.47. The molecular formula is C10H13NO3. The number of ether oxygens (including phenoxy) is 1. The Balaban J connectivity index is 2.48. The smallest absolute Gasteiger partial charge is 0.124 e. The van der Waals surface area contributed by atoms with Crippen LogP contribution >= 0.6 is 0 Å². The average Bonchev–Trinajstić information content (AvgIpc) is 2.19. The number of benzene rings is 1. The first-order chi connectivity index (χ1) is 6.72. The van der Waals surface area contributed by atoms with E-state index in [2.05, 4.69) is 0 Å². The molecule has 1 heterocycles. The first-order valence-corrected chi connectivity index (χ1v) is 4.57. The molecule has 4 N–H and O–H groups in total. The highest BCUT2D eigenvalue weighted by Gasteiger charge is 2.20. The number of hydrogen-bond acceptors (Lipinski definition) is 4. The van der Waals surface area contributed by atoms with Gasteiger partial charge in [-0.05, 0) is 12.1 Å². The summed E-state index contributed by atoms with van der Waals surface area (Å²) in [6.45, 7) is 0.390. The van der Waals surface area contributed by atoms with Gasteiger partial charge in [0.15, 0.2) is 0 Å². The van der Waals surface area contributed by atoms with Gasteiger partial charge < -0.3 is 20.7 Å². The van der Waals surface area contributed by atoms with E-state index < -0.39 is 0 Å². The van der Waals surface area contributed by atoms with Crippen molar-refractivity contribution in [1.29, 1.82) is 0 Å². The quantitative estimate of drug-likeness (QED) is 0.615. The Labute approximate surface area is 81.9 Å². The van der Waals surface area contributed by atoms with Crippen LogP contribution in [0.15, 0.2) is 12.1 Å². The van der Waals surface area contributed by atoms with Gasteiger partial charge >= 0.3 is 0 Å².